The van der Waals surface area contributed by atoms with Gasteiger partial charge in [0.2, 0.25) is 0 Å². The van der Waals surface area contributed by atoms with Gasteiger partial charge in [-0.1, -0.05) is 55.4 Å². The van der Waals surface area contributed by atoms with Crippen molar-refractivity contribution in [3.05, 3.63) is 49.1 Å². The van der Waals surface area contributed by atoms with Gasteiger partial charge in [-0.25, -0.2) is 4.48 Å². The zero-order chi connectivity index (χ0) is 22.8. The summed E-state index contributed by atoms with van der Waals surface area (Å²) in [5, 5.41) is 0. The van der Waals surface area contributed by atoms with Crippen LogP contribution in [0.4, 0.5) is 0 Å². The van der Waals surface area contributed by atoms with E-state index < -0.39 is 0 Å². The van der Waals surface area contributed by atoms with Gasteiger partial charge in [0.05, 0.1) is 0 Å². The molecule has 0 aliphatic heterocycles. The number of hydrogen-bond acceptors (Lipinski definition) is 0. The van der Waals surface area contributed by atoms with Gasteiger partial charge in [0.25, 0.3) is 0 Å². The third-order valence-electron chi connectivity index (χ3n) is 5.94. The van der Waals surface area contributed by atoms with Crippen molar-refractivity contribution < 1.29 is 4.48 Å². The Balaban J connectivity index is 6.12. The first-order valence-electron chi connectivity index (χ1n) is 12.0. The Bertz CT molecular complexity index is 443. The van der Waals surface area contributed by atoms with Crippen molar-refractivity contribution in [1.82, 2.24) is 0 Å². The molecule has 168 valence electrons. The first-order valence-corrected chi connectivity index (χ1v) is 12.0. The fourth-order valence-corrected chi connectivity index (χ4v) is 3.83. The zero-order valence-corrected chi connectivity index (χ0v) is 21.2. The normalized spacial score (nSPS) is 12.3. The molecule has 0 radical (unpaired) electrons. The molecule has 0 unspecified atom stereocenters. The maximum absolute atomic E-state index is 4.63. The second-order valence-electron chi connectivity index (χ2n) is 10.7. The molecule has 0 saturated carbocycles. The van der Waals surface area contributed by atoms with Crippen molar-refractivity contribution in [1.29, 1.82) is 0 Å². The molecule has 1 nitrogen and oxygen atoms in total. The van der Waals surface area contributed by atoms with E-state index in [2.05, 4.69) is 81.7 Å². The molecule has 0 aromatic heterocycles. The lowest BCUT2D eigenvalue weighted by molar-refractivity contribution is -0.781. The van der Waals surface area contributed by atoms with Gasteiger partial charge in [-0.3, -0.25) is 0 Å². The first-order chi connectivity index (χ1) is 13.3. The summed E-state index contributed by atoms with van der Waals surface area (Å²) < 4.78 is 0.582. The van der Waals surface area contributed by atoms with Crippen LogP contribution in [0.15, 0.2) is 49.1 Å². The molecule has 0 saturated heterocycles. The van der Waals surface area contributed by atoms with E-state index >= 15 is 0 Å². The summed E-state index contributed by atoms with van der Waals surface area (Å²) in [6, 6.07) is 0. The molecule has 0 atom stereocenters. The van der Waals surface area contributed by atoms with E-state index in [1.165, 1.54) is 22.8 Å². The summed E-state index contributed by atoms with van der Waals surface area (Å²) in [4.78, 5) is 0. The summed E-state index contributed by atoms with van der Waals surface area (Å²) in [6.07, 6.45) is 8.58. The van der Waals surface area contributed by atoms with E-state index in [4.69, 9.17) is 0 Å². The number of quaternary nitrogens is 1. The Morgan fingerprint density at radius 1 is 0.448 bits per heavy atom. The van der Waals surface area contributed by atoms with Gasteiger partial charge in [-0.15, -0.1) is 0 Å². The van der Waals surface area contributed by atoms with Crippen molar-refractivity contribution in [2.75, 3.05) is 0 Å². The molecule has 0 amide bonds. The standard InChI is InChI=1S/C28H52N/c1-21(2)13-17-25(9)29(26(10)18-14-22(3)4,27(11)19-15-23(5)6)28(12)20-16-24(7)8/h21-24H,9-20H2,1-8H3/q+1. The van der Waals surface area contributed by atoms with Crippen molar-refractivity contribution in [3.63, 3.8) is 0 Å². The molecule has 0 aliphatic rings. The lowest BCUT2D eigenvalue weighted by Gasteiger charge is -2.43. The number of allylic oxidation sites excluding steroid dienone is 4. The molecule has 0 spiro atoms. The van der Waals surface area contributed by atoms with Crippen molar-refractivity contribution >= 4 is 0 Å². The topological polar surface area (TPSA) is 0 Å². The van der Waals surface area contributed by atoms with Gasteiger partial charge >= 0.3 is 0 Å². The minimum absolute atomic E-state index is 0.582. The van der Waals surface area contributed by atoms with Gasteiger partial charge in [0.15, 0.2) is 0 Å². The van der Waals surface area contributed by atoms with Gasteiger partial charge < -0.3 is 0 Å². The molecule has 0 rings (SSSR count). The molecule has 0 aromatic carbocycles. The predicted molar refractivity (Wildman–Crippen MR) is 133 cm³/mol. The Hall–Kier alpha value is -1.08. The Kier molecular flexibility index (Phi) is 12.8. The third kappa shape index (κ3) is 9.08. The van der Waals surface area contributed by atoms with Crippen LogP contribution in [0, 0.1) is 23.7 Å². The highest BCUT2D eigenvalue weighted by molar-refractivity contribution is 5.13. The summed E-state index contributed by atoms with van der Waals surface area (Å²) in [6.45, 7) is 36.8. The fraction of sp³-hybridized carbons (Fsp3) is 0.714. The minimum atomic E-state index is 0.582. The maximum atomic E-state index is 4.63. The molecule has 0 aliphatic carbocycles. The predicted octanol–water partition coefficient (Wildman–Crippen LogP) is 9.60. The summed E-state index contributed by atoms with van der Waals surface area (Å²) >= 11 is 0. The van der Waals surface area contributed by atoms with E-state index in [1.807, 2.05) is 0 Å². The second-order valence-corrected chi connectivity index (χ2v) is 10.7. The molecule has 0 heterocycles. The van der Waals surface area contributed by atoms with Gasteiger partial charge in [-0.2, -0.15) is 0 Å². The summed E-state index contributed by atoms with van der Waals surface area (Å²) in [5.74, 6) is 2.63. The molecule has 0 bridgehead atoms. The highest BCUT2D eigenvalue weighted by atomic mass is 15.4. The average Bonchev–Trinajstić information content (AvgIpc) is 2.61. The van der Waals surface area contributed by atoms with Crippen LogP contribution in [0.2, 0.25) is 0 Å². The van der Waals surface area contributed by atoms with Crippen molar-refractivity contribution in [2.24, 2.45) is 23.7 Å². The first kappa shape index (κ1) is 27.9. The number of hydrogen-bond donors (Lipinski definition) is 0. The van der Waals surface area contributed by atoms with Crippen LogP contribution < -0.4 is 0 Å². The monoisotopic (exact) mass is 402 g/mol. The molecule has 1 heteroatoms. The molecule has 29 heavy (non-hydrogen) atoms. The maximum Gasteiger partial charge on any atom is 0.116 e. The van der Waals surface area contributed by atoms with E-state index in [0.29, 0.717) is 28.2 Å². The van der Waals surface area contributed by atoms with Gasteiger partial charge in [0, 0.05) is 25.7 Å². The van der Waals surface area contributed by atoms with Crippen LogP contribution in [-0.2, 0) is 0 Å². The van der Waals surface area contributed by atoms with Crippen molar-refractivity contribution in [2.45, 2.75) is 107 Å². The molecule has 0 N–H and O–H groups in total. The highest BCUT2D eigenvalue weighted by Crippen LogP contribution is 2.44. The van der Waals surface area contributed by atoms with E-state index in [9.17, 15) is 0 Å². The minimum Gasteiger partial charge on any atom is -0.211 e. The Labute approximate surface area is 184 Å². The number of rotatable bonds is 16. The smallest absolute Gasteiger partial charge is 0.116 e. The lowest BCUT2D eigenvalue weighted by Crippen LogP contribution is -2.43. The van der Waals surface area contributed by atoms with Crippen LogP contribution in [0.25, 0.3) is 0 Å². The van der Waals surface area contributed by atoms with Gasteiger partial charge in [-0.05, 0) is 75.7 Å². The van der Waals surface area contributed by atoms with E-state index in [-0.39, 0.29) is 0 Å². The Morgan fingerprint density at radius 3 is 0.759 bits per heavy atom. The number of nitrogens with zero attached hydrogens (tertiary/aromatic N) is 1. The average molecular weight is 403 g/mol. The quantitative estimate of drug-likeness (QED) is 0.225. The van der Waals surface area contributed by atoms with Crippen LogP contribution in [0.1, 0.15) is 107 Å². The summed E-state index contributed by atoms with van der Waals surface area (Å²) in [7, 11) is 0. The van der Waals surface area contributed by atoms with Crippen LogP contribution >= 0.6 is 0 Å². The highest BCUT2D eigenvalue weighted by Gasteiger charge is 2.41. The second kappa shape index (κ2) is 13.3. The summed E-state index contributed by atoms with van der Waals surface area (Å²) in [5.41, 5.74) is 4.87. The molecule has 0 aromatic rings. The van der Waals surface area contributed by atoms with Crippen LogP contribution in [0.5, 0.6) is 0 Å². The van der Waals surface area contributed by atoms with Gasteiger partial charge in [0.1, 0.15) is 22.8 Å². The Morgan fingerprint density at radius 2 is 0.621 bits per heavy atom. The fourth-order valence-electron chi connectivity index (χ4n) is 3.83. The zero-order valence-electron chi connectivity index (χ0n) is 21.2. The molecular weight excluding hydrogens is 350 g/mol. The third-order valence-corrected chi connectivity index (χ3v) is 5.94. The van der Waals surface area contributed by atoms with Crippen LogP contribution in [-0.4, -0.2) is 4.48 Å². The van der Waals surface area contributed by atoms with Crippen LogP contribution in [0.3, 0.4) is 0 Å². The van der Waals surface area contributed by atoms with E-state index in [0.717, 1.165) is 51.4 Å². The lowest BCUT2D eigenvalue weighted by atomic mass is 9.95. The SMILES string of the molecule is C=C(CCC(C)C)[N+](C(=C)CCC(C)C)(C(=C)CCC(C)C)C(=C)CCC(C)C. The van der Waals surface area contributed by atoms with E-state index in [1.54, 1.807) is 0 Å². The largest absolute Gasteiger partial charge is 0.211 e. The molecule has 0 fully saturated rings. The van der Waals surface area contributed by atoms with Crippen molar-refractivity contribution in [3.8, 4) is 0 Å². The molecular formula is C28H52N+.